The van der Waals surface area contributed by atoms with Crippen molar-refractivity contribution in [2.24, 2.45) is 0 Å². The lowest BCUT2D eigenvalue weighted by molar-refractivity contribution is 0.174. The number of halogens is 1. The van der Waals surface area contributed by atoms with Gasteiger partial charge in [-0.15, -0.1) is 0 Å². The van der Waals surface area contributed by atoms with Gasteiger partial charge in [0.1, 0.15) is 0 Å². The van der Waals surface area contributed by atoms with Crippen molar-refractivity contribution in [3.63, 3.8) is 0 Å². The highest BCUT2D eigenvalue weighted by Gasteiger charge is 2.16. The van der Waals surface area contributed by atoms with Crippen molar-refractivity contribution in [2.75, 3.05) is 6.79 Å². The van der Waals surface area contributed by atoms with E-state index < -0.39 is 0 Å². The van der Waals surface area contributed by atoms with E-state index in [-0.39, 0.29) is 6.79 Å². The second-order valence-electron chi connectivity index (χ2n) is 4.73. The van der Waals surface area contributed by atoms with Crippen LogP contribution in [-0.2, 0) is 0 Å². The van der Waals surface area contributed by atoms with E-state index in [0.717, 1.165) is 27.3 Å². The fourth-order valence-corrected chi connectivity index (χ4v) is 2.86. The zero-order valence-electron chi connectivity index (χ0n) is 11.2. The van der Waals surface area contributed by atoms with Crippen molar-refractivity contribution < 1.29 is 9.47 Å². The topological polar surface area (TPSA) is 52.1 Å². The van der Waals surface area contributed by atoms with Crippen LogP contribution in [0.4, 0.5) is 0 Å². The van der Waals surface area contributed by atoms with Crippen LogP contribution in [-0.4, -0.2) is 21.6 Å². The first kappa shape index (κ1) is 13.5. The van der Waals surface area contributed by atoms with Gasteiger partial charge >= 0.3 is 0 Å². The molecule has 0 radical (unpaired) electrons. The molecule has 1 aromatic heterocycles. The van der Waals surface area contributed by atoms with Gasteiger partial charge in [-0.3, -0.25) is 9.67 Å². The van der Waals surface area contributed by atoms with E-state index in [1.807, 2.05) is 47.0 Å². The van der Waals surface area contributed by atoms with Gasteiger partial charge in [0.05, 0.1) is 5.69 Å². The van der Waals surface area contributed by atoms with E-state index >= 15 is 0 Å². The number of rotatable bonds is 2. The molecule has 0 saturated carbocycles. The van der Waals surface area contributed by atoms with Gasteiger partial charge in [0.15, 0.2) is 22.1 Å². The first-order valence-corrected chi connectivity index (χ1v) is 7.76. The minimum atomic E-state index is 0.245. The molecule has 2 aromatic carbocycles. The average Bonchev–Trinajstić information content (AvgIpc) is 3.13. The monoisotopic (exact) mass is 375 g/mol. The van der Waals surface area contributed by atoms with Crippen LogP contribution in [0.25, 0.3) is 17.1 Å². The first-order chi connectivity index (χ1) is 10.7. The summed E-state index contributed by atoms with van der Waals surface area (Å²) in [7, 11) is 0. The molecule has 7 heteroatoms. The number of ether oxygens (including phenoxy) is 2. The number of fused-ring (bicyclic) bond motifs is 1. The summed E-state index contributed by atoms with van der Waals surface area (Å²) < 4.78 is 14.2. The largest absolute Gasteiger partial charge is 0.454 e. The number of hydrogen-bond donors (Lipinski definition) is 1. The summed E-state index contributed by atoms with van der Waals surface area (Å²) in [5.41, 5.74) is 1.84. The number of H-pyrrole nitrogens is 1. The summed E-state index contributed by atoms with van der Waals surface area (Å²) in [4.78, 5) is 0. The van der Waals surface area contributed by atoms with Crippen molar-refractivity contribution >= 4 is 28.1 Å². The van der Waals surface area contributed by atoms with Crippen molar-refractivity contribution in [1.82, 2.24) is 14.8 Å². The fourth-order valence-electron chi connectivity index (χ4n) is 2.35. The molecule has 4 rings (SSSR count). The Morgan fingerprint density at radius 1 is 1.09 bits per heavy atom. The molecule has 3 aromatic rings. The van der Waals surface area contributed by atoms with E-state index in [9.17, 15) is 0 Å². The molecule has 5 nitrogen and oxygen atoms in total. The molecule has 0 atom stereocenters. The Bertz CT molecular complexity index is 902. The van der Waals surface area contributed by atoms with Gasteiger partial charge in [0, 0.05) is 16.1 Å². The van der Waals surface area contributed by atoms with Crippen LogP contribution in [0.2, 0.25) is 0 Å². The Balaban J connectivity index is 1.87. The molecular weight excluding hydrogens is 366 g/mol. The SMILES string of the molecule is S=c1[nH]nc(-c2ccc(Br)cc2)n1-c1ccc2c(c1)OCO2. The second-order valence-corrected chi connectivity index (χ2v) is 6.03. The molecule has 0 amide bonds. The van der Waals surface area contributed by atoms with Crippen molar-refractivity contribution in [3.8, 4) is 28.6 Å². The van der Waals surface area contributed by atoms with Crippen molar-refractivity contribution in [1.29, 1.82) is 0 Å². The predicted octanol–water partition coefficient (Wildman–Crippen LogP) is 4.09. The molecular formula is C15H10BrN3O2S. The highest BCUT2D eigenvalue weighted by molar-refractivity contribution is 9.10. The Morgan fingerprint density at radius 2 is 1.86 bits per heavy atom. The summed E-state index contributed by atoms with van der Waals surface area (Å²) in [6.07, 6.45) is 0. The van der Waals surface area contributed by atoms with Gasteiger partial charge in [-0.25, -0.2) is 0 Å². The third kappa shape index (κ3) is 2.22. The minimum absolute atomic E-state index is 0.245. The highest BCUT2D eigenvalue weighted by atomic mass is 79.9. The lowest BCUT2D eigenvalue weighted by atomic mass is 10.2. The molecule has 1 aliphatic heterocycles. The second kappa shape index (κ2) is 5.26. The number of aromatic nitrogens is 3. The van der Waals surface area contributed by atoms with Crippen LogP contribution in [0.15, 0.2) is 46.9 Å². The number of aromatic amines is 1. The van der Waals surface area contributed by atoms with Crippen molar-refractivity contribution in [2.45, 2.75) is 0 Å². The smallest absolute Gasteiger partial charge is 0.231 e. The van der Waals surface area contributed by atoms with E-state index in [1.54, 1.807) is 0 Å². The Kier molecular flexibility index (Phi) is 3.24. The summed E-state index contributed by atoms with van der Waals surface area (Å²) in [6.45, 7) is 0.245. The lowest BCUT2D eigenvalue weighted by Crippen LogP contribution is -1.97. The molecule has 0 bridgehead atoms. The molecule has 110 valence electrons. The average molecular weight is 376 g/mol. The summed E-state index contributed by atoms with van der Waals surface area (Å²) in [5.74, 6) is 2.20. The summed E-state index contributed by atoms with van der Waals surface area (Å²) >= 11 is 8.81. The molecule has 0 fully saturated rings. The normalized spacial score (nSPS) is 12.6. The Morgan fingerprint density at radius 3 is 2.68 bits per heavy atom. The maximum Gasteiger partial charge on any atom is 0.231 e. The Hall–Kier alpha value is -2.12. The molecule has 0 unspecified atom stereocenters. The van der Waals surface area contributed by atoms with Crippen molar-refractivity contribution in [3.05, 3.63) is 51.7 Å². The quantitative estimate of drug-likeness (QED) is 0.685. The van der Waals surface area contributed by atoms with Gasteiger partial charge in [-0.1, -0.05) is 28.1 Å². The molecule has 0 aliphatic carbocycles. The standard InChI is InChI=1S/C15H10BrN3O2S/c16-10-3-1-9(2-4-10)14-17-18-15(22)19(14)11-5-6-12-13(7-11)21-8-20-12/h1-7H,8H2,(H,18,22). The van der Waals surface area contributed by atoms with Gasteiger partial charge in [-0.05, 0) is 36.5 Å². The number of nitrogens with zero attached hydrogens (tertiary/aromatic N) is 2. The van der Waals surface area contributed by atoms with E-state index in [1.165, 1.54) is 0 Å². The van der Waals surface area contributed by atoms with Gasteiger partial charge in [-0.2, -0.15) is 5.10 Å². The lowest BCUT2D eigenvalue weighted by Gasteiger charge is -2.08. The van der Waals surface area contributed by atoms with Gasteiger partial charge in [0.25, 0.3) is 0 Å². The van der Waals surface area contributed by atoms with Crippen LogP contribution in [0.3, 0.4) is 0 Å². The van der Waals surface area contributed by atoms with Crippen LogP contribution in [0.5, 0.6) is 11.5 Å². The predicted molar refractivity (Wildman–Crippen MR) is 88.0 cm³/mol. The van der Waals surface area contributed by atoms with Crippen LogP contribution in [0.1, 0.15) is 0 Å². The maximum atomic E-state index is 5.43. The molecule has 22 heavy (non-hydrogen) atoms. The van der Waals surface area contributed by atoms with E-state index in [2.05, 4.69) is 26.1 Å². The number of nitrogens with one attached hydrogen (secondary N) is 1. The van der Waals surface area contributed by atoms with Crippen LogP contribution >= 0.6 is 28.1 Å². The van der Waals surface area contributed by atoms with Crippen LogP contribution in [0, 0.1) is 4.77 Å². The third-order valence-electron chi connectivity index (χ3n) is 3.39. The van der Waals surface area contributed by atoms with Crippen LogP contribution < -0.4 is 9.47 Å². The first-order valence-electron chi connectivity index (χ1n) is 6.56. The fraction of sp³-hybridized carbons (Fsp3) is 0.0667. The highest BCUT2D eigenvalue weighted by Crippen LogP contribution is 2.34. The molecule has 1 N–H and O–H groups in total. The van der Waals surface area contributed by atoms with E-state index in [4.69, 9.17) is 21.7 Å². The van der Waals surface area contributed by atoms with Gasteiger partial charge < -0.3 is 9.47 Å². The zero-order chi connectivity index (χ0) is 15.1. The summed E-state index contributed by atoms with van der Waals surface area (Å²) in [6, 6.07) is 13.6. The van der Waals surface area contributed by atoms with E-state index in [0.29, 0.717) is 10.5 Å². The maximum absolute atomic E-state index is 5.43. The molecule has 1 aliphatic rings. The molecule has 2 heterocycles. The third-order valence-corrected chi connectivity index (χ3v) is 4.19. The number of hydrogen-bond acceptors (Lipinski definition) is 4. The minimum Gasteiger partial charge on any atom is -0.454 e. The molecule has 0 saturated heterocycles. The Labute approximate surface area is 139 Å². The molecule has 0 spiro atoms. The number of benzene rings is 2. The van der Waals surface area contributed by atoms with Gasteiger partial charge in [0.2, 0.25) is 6.79 Å². The zero-order valence-corrected chi connectivity index (χ0v) is 13.6. The summed E-state index contributed by atoms with van der Waals surface area (Å²) in [5, 5.41) is 7.19.